The third kappa shape index (κ3) is 3.34. The number of nitrogens with zero attached hydrogens (tertiary/aromatic N) is 3. The number of aryl methyl sites for hydroxylation is 2. The molecule has 32 heavy (non-hydrogen) atoms. The first-order valence-electron chi connectivity index (χ1n) is 11.2. The zero-order valence-electron chi connectivity index (χ0n) is 18.1. The highest BCUT2D eigenvalue weighted by molar-refractivity contribution is 5.95. The average Bonchev–Trinajstić information content (AvgIpc) is 3.47. The van der Waals surface area contributed by atoms with Crippen LogP contribution in [0.15, 0.2) is 35.0 Å². The van der Waals surface area contributed by atoms with Crippen LogP contribution >= 0.6 is 0 Å². The molecule has 3 aromatic heterocycles. The molecular weight excluding hydrogens is 408 g/mol. The van der Waals surface area contributed by atoms with E-state index < -0.39 is 0 Å². The van der Waals surface area contributed by atoms with E-state index in [4.69, 9.17) is 19.0 Å². The summed E-state index contributed by atoms with van der Waals surface area (Å²) in [5, 5.41) is 7.82. The van der Waals surface area contributed by atoms with Crippen LogP contribution in [0.1, 0.15) is 46.0 Å². The Morgan fingerprint density at radius 1 is 1.31 bits per heavy atom. The van der Waals surface area contributed by atoms with Crippen LogP contribution in [-0.4, -0.2) is 52.1 Å². The summed E-state index contributed by atoms with van der Waals surface area (Å²) in [6.07, 6.45) is 7.44. The van der Waals surface area contributed by atoms with Gasteiger partial charge in [0.05, 0.1) is 37.3 Å². The van der Waals surface area contributed by atoms with Gasteiger partial charge in [-0.1, -0.05) is 6.07 Å². The second-order valence-electron chi connectivity index (χ2n) is 9.04. The molecule has 1 unspecified atom stereocenters. The van der Waals surface area contributed by atoms with Crippen LogP contribution in [0, 0.1) is 6.92 Å². The Morgan fingerprint density at radius 2 is 2.22 bits per heavy atom. The van der Waals surface area contributed by atoms with Gasteiger partial charge in [-0.15, -0.1) is 0 Å². The molecule has 6 rings (SSSR count). The fourth-order valence-electron chi connectivity index (χ4n) is 4.99. The minimum absolute atomic E-state index is 0.0293. The van der Waals surface area contributed by atoms with Gasteiger partial charge in [-0.05, 0) is 43.9 Å². The summed E-state index contributed by atoms with van der Waals surface area (Å²) in [5.41, 5.74) is 4.74. The number of nitrogens with one attached hydrogen (secondary N) is 1. The summed E-state index contributed by atoms with van der Waals surface area (Å²) in [6.45, 7) is 4.36. The maximum atomic E-state index is 12.9. The Morgan fingerprint density at radius 3 is 2.97 bits per heavy atom. The van der Waals surface area contributed by atoms with Crippen molar-refractivity contribution in [1.29, 1.82) is 0 Å². The van der Waals surface area contributed by atoms with Crippen molar-refractivity contribution in [2.24, 2.45) is 0 Å². The molecule has 2 fully saturated rings. The molecular formula is C24H26N4O4. The maximum Gasteiger partial charge on any atom is 0.287 e. The summed E-state index contributed by atoms with van der Waals surface area (Å²) in [5.74, 6) is 1.02. The van der Waals surface area contributed by atoms with Crippen molar-refractivity contribution < 1.29 is 18.7 Å². The van der Waals surface area contributed by atoms with E-state index in [1.54, 1.807) is 6.20 Å². The fraction of sp³-hybridized carbons (Fsp3) is 0.458. The van der Waals surface area contributed by atoms with Gasteiger partial charge in [0.25, 0.3) is 5.91 Å². The number of hydrogen-bond donors (Lipinski definition) is 1. The van der Waals surface area contributed by atoms with Crippen LogP contribution in [0.3, 0.4) is 0 Å². The number of fused-ring (bicyclic) bond motifs is 3. The van der Waals surface area contributed by atoms with E-state index in [0.29, 0.717) is 32.1 Å². The van der Waals surface area contributed by atoms with E-state index >= 15 is 0 Å². The van der Waals surface area contributed by atoms with E-state index in [1.807, 2.05) is 29.8 Å². The lowest BCUT2D eigenvalue weighted by atomic mass is 9.93. The van der Waals surface area contributed by atoms with Crippen molar-refractivity contribution in [3.05, 3.63) is 58.9 Å². The smallest absolute Gasteiger partial charge is 0.287 e. The number of carbonyl (C=O) groups is 1. The minimum Gasteiger partial charge on any atom is -0.455 e. The summed E-state index contributed by atoms with van der Waals surface area (Å²) in [4.78, 5) is 17.3. The zero-order chi connectivity index (χ0) is 21.7. The average molecular weight is 434 g/mol. The number of amides is 1. The lowest BCUT2D eigenvalue weighted by molar-refractivity contribution is -0.199. The number of furan rings is 1. The highest BCUT2D eigenvalue weighted by Crippen LogP contribution is 2.39. The Kier molecular flexibility index (Phi) is 4.66. The Balaban J connectivity index is 1.19. The van der Waals surface area contributed by atoms with Crippen molar-refractivity contribution in [3.63, 3.8) is 0 Å². The van der Waals surface area contributed by atoms with Crippen molar-refractivity contribution in [2.75, 3.05) is 19.8 Å². The molecule has 0 saturated carbocycles. The molecule has 2 saturated heterocycles. The highest BCUT2D eigenvalue weighted by atomic mass is 16.6. The molecule has 3 aromatic rings. The van der Waals surface area contributed by atoms with Crippen molar-refractivity contribution in [2.45, 2.75) is 50.9 Å². The second-order valence-corrected chi connectivity index (χ2v) is 9.04. The van der Waals surface area contributed by atoms with Crippen LogP contribution in [0.4, 0.5) is 0 Å². The second kappa shape index (κ2) is 7.56. The molecule has 166 valence electrons. The van der Waals surface area contributed by atoms with E-state index in [1.165, 1.54) is 5.56 Å². The maximum absolute atomic E-state index is 12.9. The summed E-state index contributed by atoms with van der Waals surface area (Å²) >= 11 is 0. The molecule has 0 bridgehead atoms. The third-order valence-corrected chi connectivity index (χ3v) is 6.73. The topological polar surface area (TPSA) is 91.4 Å². The Hall–Kier alpha value is -2.97. The number of ether oxygens (including phenoxy) is 2. The molecule has 5 heterocycles. The fourth-order valence-corrected chi connectivity index (χ4v) is 4.99. The molecule has 2 aliphatic heterocycles. The number of aromatic nitrogens is 3. The van der Waals surface area contributed by atoms with Gasteiger partial charge in [-0.2, -0.15) is 5.10 Å². The van der Waals surface area contributed by atoms with Gasteiger partial charge in [0.2, 0.25) is 0 Å². The predicted octanol–water partition coefficient (Wildman–Crippen LogP) is 2.67. The molecule has 8 nitrogen and oxygen atoms in total. The molecule has 0 aromatic carbocycles. The molecule has 1 amide bonds. The summed E-state index contributed by atoms with van der Waals surface area (Å²) in [7, 11) is 0. The SMILES string of the molecule is Cc1c(C(=O)NCC2CCC3(COC3)O2)oc2c1-c1nn(Cc3ccccn3)cc1CC2. The van der Waals surface area contributed by atoms with Gasteiger partial charge in [-0.25, -0.2) is 0 Å². The Labute approximate surface area is 185 Å². The summed E-state index contributed by atoms with van der Waals surface area (Å²) < 4.78 is 19.3. The van der Waals surface area contributed by atoms with Crippen molar-refractivity contribution in [3.8, 4) is 11.3 Å². The number of carbonyl (C=O) groups excluding carboxylic acids is 1. The van der Waals surface area contributed by atoms with E-state index in [0.717, 1.165) is 54.0 Å². The minimum atomic E-state index is -0.194. The standard InChI is InChI=1S/C24H26N4O4/c1-15-20-19(6-5-16-11-28(27-21(16)20)12-17-4-2-3-9-25-17)31-22(15)23(29)26-10-18-7-8-24(32-18)13-30-14-24/h2-4,9,11,18H,5-8,10,12-14H2,1H3,(H,26,29). The van der Waals surface area contributed by atoms with Crippen LogP contribution < -0.4 is 5.32 Å². The van der Waals surface area contributed by atoms with E-state index in [2.05, 4.69) is 16.5 Å². The first kappa shape index (κ1) is 19.7. The van der Waals surface area contributed by atoms with Gasteiger partial charge in [0.15, 0.2) is 5.76 Å². The molecule has 1 N–H and O–H groups in total. The van der Waals surface area contributed by atoms with Gasteiger partial charge >= 0.3 is 0 Å². The zero-order valence-corrected chi connectivity index (χ0v) is 18.1. The number of hydrogen-bond acceptors (Lipinski definition) is 6. The molecule has 1 spiro atoms. The molecule has 8 heteroatoms. The van der Waals surface area contributed by atoms with E-state index in [9.17, 15) is 4.79 Å². The molecule has 1 aliphatic carbocycles. The van der Waals surface area contributed by atoms with Gasteiger partial charge in [-0.3, -0.25) is 14.5 Å². The summed E-state index contributed by atoms with van der Waals surface area (Å²) in [6, 6.07) is 5.88. The van der Waals surface area contributed by atoms with E-state index in [-0.39, 0.29) is 17.6 Å². The monoisotopic (exact) mass is 434 g/mol. The largest absolute Gasteiger partial charge is 0.455 e. The lowest BCUT2D eigenvalue weighted by Gasteiger charge is -2.37. The lowest BCUT2D eigenvalue weighted by Crippen LogP contribution is -2.50. The van der Waals surface area contributed by atoms with Gasteiger partial charge < -0.3 is 19.2 Å². The van der Waals surface area contributed by atoms with Crippen molar-refractivity contribution >= 4 is 5.91 Å². The third-order valence-electron chi connectivity index (χ3n) is 6.73. The van der Waals surface area contributed by atoms with Crippen molar-refractivity contribution in [1.82, 2.24) is 20.1 Å². The molecule has 3 aliphatic rings. The quantitative estimate of drug-likeness (QED) is 0.664. The number of rotatable bonds is 5. The van der Waals surface area contributed by atoms with Gasteiger partial charge in [0.1, 0.15) is 11.4 Å². The number of pyridine rings is 1. The van der Waals surface area contributed by atoms with Gasteiger partial charge in [0, 0.05) is 36.5 Å². The Bertz CT molecular complexity index is 1160. The first-order chi connectivity index (χ1) is 15.6. The normalized spacial score (nSPS) is 20.6. The molecule has 0 radical (unpaired) electrons. The van der Waals surface area contributed by atoms with Crippen LogP contribution in [0.5, 0.6) is 0 Å². The first-order valence-corrected chi connectivity index (χ1v) is 11.2. The predicted molar refractivity (Wildman–Crippen MR) is 115 cm³/mol. The highest BCUT2D eigenvalue weighted by Gasteiger charge is 2.46. The van der Waals surface area contributed by atoms with Crippen LogP contribution in [0.25, 0.3) is 11.3 Å². The molecule has 1 atom stereocenters. The van der Waals surface area contributed by atoms with Crippen LogP contribution in [0.2, 0.25) is 0 Å². The van der Waals surface area contributed by atoms with Crippen LogP contribution in [-0.2, 0) is 28.9 Å².